The molecule has 15 heavy (non-hydrogen) atoms. The lowest BCUT2D eigenvalue weighted by atomic mass is 9.96. The average Bonchev–Trinajstić information content (AvgIpc) is 2.58. The average molecular weight is 229 g/mol. The summed E-state index contributed by atoms with van der Waals surface area (Å²) in [5, 5.41) is 0. The number of hydrogen-bond donors (Lipinski definition) is 0. The molecule has 0 fully saturated rings. The summed E-state index contributed by atoms with van der Waals surface area (Å²) in [6, 6.07) is 0. The number of aryl methyl sites for hydroxylation is 2. The van der Waals surface area contributed by atoms with Crippen LogP contribution in [-0.2, 0) is 18.3 Å². The zero-order chi connectivity index (χ0) is 11.3. The van der Waals surface area contributed by atoms with Crippen molar-refractivity contribution in [3.05, 3.63) is 18.2 Å². The zero-order valence-corrected chi connectivity index (χ0v) is 10.00. The molecule has 1 rings (SSSR count). The number of halogens is 1. The van der Waals surface area contributed by atoms with Crippen LogP contribution in [0.25, 0.3) is 0 Å². The molecule has 3 nitrogen and oxygen atoms in total. The topological polar surface area (TPSA) is 34.9 Å². The Balaban J connectivity index is 2.47. The Morgan fingerprint density at radius 2 is 2.33 bits per heavy atom. The van der Waals surface area contributed by atoms with E-state index in [1.807, 2.05) is 17.8 Å². The van der Waals surface area contributed by atoms with Gasteiger partial charge in [0.15, 0.2) is 0 Å². The van der Waals surface area contributed by atoms with Crippen molar-refractivity contribution in [1.29, 1.82) is 0 Å². The molecule has 0 aliphatic rings. The molecule has 0 bridgehead atoms. The summed E-state index contributed by atoms with van der Waals surface area (Å²) in [4.78, 5) is 15.5. The van der Waals surface area contributed by atoms with Gasteiger partial charge in [-0.3, -0.25) is 4.79 Å². The second-order valence-corrected chi connectivity index (χ2v) is 4.16. The molecule has 0 amide bonds. The maximum atomic E-state index is 11.3. The Bertz CT molecular complexity index is 322. The third kappa shape index (κ3) is 3.67. The van der Waals surface area contributed by atoms with Gasteiger partial charge in [-0.1, -0.05) is 0 Å². The van der Waals surface area contributed by atoms with Crippen LogP contribution >= 0.6 is 11.6 Å². The lowest BCUT2D eigenvalue weighted by molar-refractivity contribution is -0.121. The molecule has 1 unspecified atom stereocenters. The highest BCUT2D eigenvalue weighted by atomic mass is 35.5. The molecule has 1 aromatic rings. The largest absolute Gasteiger partial charge is 0.338 e. The van der Waals surface area contributed by atoms with Gasteiger partial charge in [0.2, 0.25) is 0 Å². The van der Waals surface area contributed by atoms with E-state index in [1.165, 1.54) is 0 Å². The van der Waals surface area contributed by atoms with E-state index < -0.39 is 0 Å². The van der Waals surface area contributed by atoms with Crippen LogP contribution in [0, 0.1) is 5.92 Å². The maximum Gasteiger partial charge on any atom is 0.132 e. The quantitative estimate of drug-likeness (QED) is 0.700. The number of hydrogen-bond acceptors (Lipinski definition) is 2. The molecule has 0 saturated heterocycles. The molecule has 4 heteroatoms. The SMILES string of the molecule is CC(=O)C(CCCl)CCc1nccn1C. The van der Waals surface area contributed by atoms with Crippen molar-refractivity contribution in [2.45, 2.75) is 26.2 Å². The fourth-order valence-corrected chi connectivity index (χ4v) is 1.89. The summed E-state index contributed by atoms with van der Waals surface area (Å²) < 4.78 is 1.98. The minimum Gasteiger partial charge on any atom is -0.338 e. The number of alkyl halides is 1. The summed E-state index contributed by atoms with van der Waals surface area (Å²) in [6.07, 6.45) is 6.14. The van der Waals surface area contributed by atoms with Crippen LogP contribution in [0.5, 0.6) is 0 Å². The molecule has 0 spiro atoms. The number of ketones is 1. The molecule has 0 radical (unpaired) electrons. The van der Waals surface area contributed by atoms with Crippen LogP contribution < -0.4 is 0 Å². The van der Waals surface area contributed by atoms with Gasteiger partial charge in [-0.15, -0.1) is 11.6 Å². The van der Waals surface area contributed by atoms with Crippen molar-refractivity contribution in [1.82, 2.24) is 9.55 Å². The lowest BCUT2D eigenvalue weighted by Gasteiger charge is -2.11. The van der Waals surface area contributed by atoms with E-state index in [4.69, 9.17) is 11.6 Å². The molecule has 1 aromatic heterocycles. The van der Waals surface area contributed by atoms with Crippen molar-refractivity contribution >= 4 is 17.4 Å². The number of nitrogens with zero attached hydrogens (tertiary/aromatic N) is 2. The molecular formula is C11H17ClN2O. The summed E-state index contributed by atoms with van der Waals surface area (Å²) in [5.41, 5.74) is 0. The van der Waals surface area contributed by atoms with Gasteiger partial charge >= 0.3 is 0 Å². The fourth-order valence-electron chi connectivity index (χ4n) is 1.62. The van der Waals surface area contributed by atoms with Crippen molar-refractivity contribution < 1.29 is 4.79 Å². The van der Waals surface area contributed by atoms with Gasteiger partial charge in [-0.2, -0.15) is 0 Å². The van der Waals surface area contributed by atoms with E-state index in [-0.39, 0.29) is 11.7 Å². The number of rotatable bonds is 6. The monoisotopic (exact) mass is 228 g/mol. The first kappa shape index (κ1) is 12.2. The van der Waals surface area contributed by atoms with Crippen molar-refractivity contribution in [3.8, 4) is 0 Å². The van der Waals surface area contributed by atoms with Crippen LogP contribution in [0.1, 0.15) is 25.6 Å². The van der Waals surface area contributed by atoms with Gasteiger partial charge in [0, 0.05) is 37.7 Å². The zero-order valence-electron chi connectivity index (χ0n) is 9.24. The minimum absolute atomic E-state index is 0.0826. The van der Waals surface area contributed by atoms with E-state index in [9.17, 15) is 4.79 Å². The highest BCUT2D eigenvalue weighted by Crippen LogP contribution is 2.14. The predicted octanol–water partition coefficient (Wildman–Crippen LogP) is 2.19. The van der Waals surface area contributed by atoms with E-state index in [1.54, 1.807) is 13.1 Å². The van der Waals surface area contributed by atoms with E-state index in [0.29, 0.717) is 5.88 Å². The first-order valence-corrected chi connectivity index (χ1v) is 5.71. The van der Waals surface area contributed by atoms with Crippen molar-refractivity contribution in [2.75, 3.05) is 5.88 Å². The van der Waals surface area contributed by atoms with Gasteiger partial charge < -0.3 is 4.57 Å². The van der Waals surface area contributed by atoms with E-state index >= 15 is 0 Å². The Morgan fingerprint density at radius 1 is 1.60 bits per heavy atom. The van der Waals surface area contributed by atoms with Crippen LogP contribution in [0.3, 0.4) is 0 Å². The van der Waals surface area contributed by atoms with Gasteiger partial charge in [-0.05, 0) is 19.8 Å². The number of aromatic nitrogens is 2. The van der Waals surface area contributed by atoms with Crippen molar-refractivity contribution in [3.63, 3.8) is 0 Å². The molecule has 0 N–H and O–H groups in total. The highest BCUT2D eigenvalue weighted by Gasteiger charge is 2.14. The second kappa shape index (κ2) is 5.91. The predicted molar refractivity (Wildman–Crippen MR) is 61.0 cm³/mol. The molecule has 0 aliphatic carbocycles. The van der Waals surface area contributed by atoms with E-state index in [0.717, 1.165) is 25.1 Å². The van der Waals surface area contributed by atoms with Crippen LogP contribution in [0.4, 0.5) is 0 Å². The van der Waals surface area contributed by atoms with E-state index in [2.05, 4.69) is 4.98 Å². The summed E-state index contributed by atoms with van der Waals surface area (Å²) in [5.74, 6) is 1.88. The third-order valence-corrected chi connectivity index (χ3v) is 2.89. The standard InChI is InChI=1S/C11H17ClN2O/c1-9(15)10(5-6-12)3-4-11-13-7-8-14(11)2/h7-8,10H,3-6H2,1-2H3. The smallest absolute Gasteiger partial charge is 0.132 e. The summed E-state index contributed by atoms with van der Waals surface area (Å²) in [7, 11) is 1.96. The summed E-state index contributed by atoms with van der Waals surface area (Å²) in [6.45, 7) is 1.63. The number of imidazole rings is 1. The molecule has 84 valence electrons. The second-order valence-electron chi connectivity index (χ2n) is 3.78. The van der Waals surface area contributed by atoms with Crippen LogP contribution in [-0.4, -0.2) is 21.2 Å². The molecule has 0 aliphatic heterocycles. The first-order chi connectivity index (χ1) is 7.15. The Labute approximate surface area is 95.5 Å². The third-order valence-electron chi connectivity index (χ3n) is 2.67. The molecule has 0 aromatic carbocycles. The lowest BCUT2D eigenvalue weighted by Crippen LogP contribution is -2.13. The summed E-state index contributed by atoms with van der Waals surface area (Å²) >= 11 is 5.66. The number of carbonyl (C=O) groups is 1. The Hall–Kier alpha value is -0.830. The van der Waals surface area contributed by atoms with Gasteiger partial charge in [-0.25, -0.2) is 4.98 Å². The number of carbonyl (C=O) groups excluding carboxylic acids is 1. The molecule has 1 atom stereocenters. The van der Waals surface area contributed by atoms with Crippen LogP contribution in [0.2, 0.25) is 0 Å². The van der Waals surface area contributed by atoms with Crippen molar-refractivity contribution in [2.24, 2.45) is 13.0 Å². The molecule has 0 saturated carbocycles. The fraction of sp³-hybridized carbons (Fsp3) is 0.636. The molecule has 1 heterocycles. The maximum absolute atomic E-state index is 11.3. The van der Waals surface area contributed by atoms with Gasteiger partial charge in [0.25, 0.3) is 0 Å². The Kier molecular flexibility index (Phi) is 4.82. The van der Waals surface area contributed by atoms with Crippen LogP contribution in [0.15, 0.2) is 12.4 Å². The minimum atomic E-state index is 0.0826. The Morgan fingerprint density at radius 3 is 2.80 bits per heavy atom. The number of Topliss-reactive ketones (excluding diaryl/α,β-unsaturated/α-hetero) is 1. The molecular weight excluding hydrogens is 212 g/mol. The highest BCUT2D eigenvalue weighted by molar-refractivity contribution is 6.18. The first-order valence-electron chi connectivity index (χ1n) is 5.17. The van der Waals surface area contributed by atoms with Gasteiger partial charge in [0.1, 0.15) is 11.6 Å². The normalized spacial score (nSPS) is 12.7. The van der Waals surface area contributed by atoms with Gasteiger partial charge in [0.05, 0.1) is 0 Å².